The molecule has 0 amide bonds. The van der Waals surface area contributed by atoms with Crippen LogP contribution in [-0.4, -0.2) is 65.9 Å². The average Bonchev–Trinajstić information content (AvgIpc) is 4.25. The highest BCUT2D eigenvalue weighted by molar-refractivity contribution is 7.97. The minimum absolute atomic E-state index is 0.389. The standard InChI is InChI=1S/C5H6.C4H4O2S.C4H6O.3C3H4N2.C3H3NO2.C3H4O2.C2H4N2S.9C2H6/c1-2-4-5-3-1;5-7(6)3-1-2-4-7;1-2-4-5-3-1;1-2-5-3-4-1;2*1-2-4-5-3-1;5-3-4-1-2-6-3;1-2-5-3-4-1;3-1-2-4-5;9*1-2/h1-4H,5H2;1-4H;1,3H,2,4H2;1-3H,(H,4,5);1-2H,3H2;1-3H,(H,4,5);1-2H,(H,4,5);1-2H,3H2;1-3,5H;9*1-2H3. The lowest BCUT2D eigenvalue weighted by molar-refractivity contribution is 0.0920. The van der Waals surface area contributed by atoms with Crippen LogP contribution >= 0.6 is 12.8 Å². The monoisotopic (exact) mass is 972 g/mol. The SMILES string of the molecule is C1=CCC=C1.C1=CN=NC1.C1=COCC1.C1=COCO1.CC.CC.CC.CC.CC.CC.CC.CC.CC.N=CC=NS.O=S1(=O)C=CC=C1.O=c1[nH]cco1.c1c[nH]cn1.c1cn[nH]c1. The van der Waals surface area contributed by atoms with Gasteiger partial charge < -0.3 is 29.0 Å². The molecule has 3 aromatic rings. The Bertz CT molecular complexity index is 1390. The van der Waals surface area contributed by atoms with Crippen LogP contribution in [0.15, 0.2) is 158 Å². The average molecular weight is 972 g/mol. The summed E-state index contributed by atoms with van der Waals surface area (Å²) in [6, 6.07) is 1.83. The van der Waals surface area contributed by atoms with Gasteiger partial charge in [0.25, 0.3) is 0 Å². The molecule has 0 bridgehead atoms. The topological polar surface area (TPSA) is 226 Å². The lowest BCUT2D eigenvalue weighted by Crippen LogP contribution is -1.91. The second kappa shape index (κ2) is 103. The smallest absolute Gasteiger partial charge is 0.416 e. The van der Waals surface area contributed by atoms with Gasteiger partial charge in [-0.05, 0) is 49.6 Å². The first-order valence-corrected chi connectivity index (χ1v) is 24.8. The highest BCUT2D eigenvalue weighted by Crippen LogP contribution is 2.01. The fourth-order valence-electron chi connectivity index (χ4n) is 2.22. The van der Waals surface area contributed by atoms with Crippen molar-refractivity contribution in [3.05, 3.63) is 145 Å². The molecule has 7 heterocycles. The van der Waals surface area contributed by atoms with Crippen molar-refractivity contribution >= 4 is 35.1 Å². The van der Waals surface area contributed by atoms with Crippen molar-refractivity contribution in [2.24, 2.45) is 14.6 Å². The summed E-state index contributed by atoms with van der Waals surface area (Å²) in [5, 5.41) is 21.9. The maximum Gasteiger partial charge on any atom is 0.416 e. The maximum atomic E-state index is 10.3. The number of allylic oxidation sites excluding steroid dienone is 6. The summed E-state index contributed by atoms with van der Waals surface area (Å²) in [4.78, 5) is 18.5. The molecule has 0 radical (unpaired) electrons. The molecule has 4 aliphatic heterocycles. The van der Waals surface area contributed by atoms with E-state index in [1.165, 1.54) is 43.4 Å². The number of ether oxygens (including phenoxy) is 3. The number of H-pyrrole nitrogens is 3. The number of thiol groups is 1. The van der Waals surface area contributed by atoms with Crippen LogP contribution in [0.1, 0.15) is 137 Å². The molecule has 384 valence electrons. The molecule has 4 N–H and O–H groups in total. The van der Waals surface area contributed by atoms with Crippen molar-refractivity contribution in [2.45, 2.75) is 137 Å². The van der Waals surface area contributed by atoms with Gasteiger partial charge in [-0.2, -0.15) is 15.3 Å². The van der Waals surface area contributed by atoms with Crippen LogP contribution in [0.25, 0.3) is 0 Å². The molecule has 0 unspecified atom stereocenters. The first-order valence-electron chi connectivity index (χ1n) is 22.7. The number of aromatic nitrogens is 5. The number of azo groups is 1. The zero-order chi connectivity index (χ0) is 53.1. The van der Waals surface area contributed by atoms with E-state index in [1.54, 1.807) is 43.6 Å². The molecular weight excluding hydrogens is 879 g/mol. The van der Waals surface area contributed by atoms with Crippen LogP contribution in [-0.2, 0) is 24.0 Å². The molecule has 0 atom stereocenters. The van der Waals surface area contributed by atoms with Gasteiger partial charge in [0, 0.05) is 60.6 Å². The summed E-state index contributed by atoms with van der Waals surface area (Å²) in [7, 11) is -2.91. The zero-order valence-corrected chi connectivity index (χ0v) is 45.6. The number of nitrogens with zero attached hydrogens (tertiary/aromatic N) is 5. The van der Waals surface area contributed by atoms with Crippen LogP contribution in [0, 0.1) is 5.41 Å². The van der Waals surface area contributed by atoms with E-state index < -0.39 is 15.6 Å². The summed E-state index contributed by atoms with van der Waals surface area (Å²) in [5.74, 6) is -0.407. The largest absolute Gasteiger partial charge is 0.501 e. The third-order valence-corrected chi connectivity index (χ3v) is 5.33. The first kappa shape index (κ1) is 83.8. The van der Waals surface area contributed by atoms with E-state index in [4.69, 9.17) is 10.1 Å². The molecule has 16 nitrogen and oxygen atoms in total. The van der Waals surface area contributed by atoms with Gasteiger partial charge in [0.2, 0.25) is 6.79 Å². The Morgan fingerprint density at radius 1 is 0.712 bits per heavy atom. The van der Waals surface area contributed by atoms with Crippen LogP contribution in [0.4, 0.5) is 0 Å². The molecule has 1 aliphatic carbocycles. The Morgan fingerprint density at radius 3 is 1.39 bits per heavy atom. The minimum Gasteiger partial charge on any atom is -0.501 e. The van der Waals surface area contributed by atoms with Gasteiger partial charge in [-0.15, -0.1) is 0 Å². The third-order valence-electron chi connectivity index (χ3n) is 4.12. The second-order valence-electron chi connectivity index (χ2n) is 7.73. The quantitative estimate of drug-likeness (QED) is 0.115. The fourth-order valence-corrected chi connectivity index (χ4v) is 2.99. The van der Waals surface area contributed by atoms with E-state index in [0.29, 0.717) is 6.79 Å². The summed E-state index contributed by atoms with van der Waals surface area (Å²) in [6.07, 6.45) is 37.6. The van der Waals surface area contributed by atoms with Gasteiger partial charge in [0.15, 0.2) is 9.84 Å². The van der Waals surface area contributed by atoms with Crippen LogP contribution in [0.3, 0.4) is 0 Å². The minimum atomic E-state index is -2.91. The molecule has 18 heteroatoms. The van der Waals surface area contributed by atoms with Crippen molar-refractivity contribution in [2.75, 3.05) is 19.9 Å². The number of rotatable bonds is 1. The van der Waals surface area contributed by atoms with E-state index in [9.17, 15) is 13.2 Å². The Balaban J connectivity index is -0.0000000642. The molecule has 3 aromatic heterocycles. The molecule has 8 rings (SSSR count). The number of nitrogens with one attached hydrogen (secondary N) is 4. The molecule has 0 fully saturated rings. The van der Waals surface area contributed by atoms with Gasteiger partial charge in [-0.3, -0.25) is 10.1 Å². The molecule has 0 saturated carbocycles. The van der Waals surface area contributed by atoms with E-state index in [1.807, 2.05) is 143 Å². The molecular formula is C48H93N9O7S2. The van der Waals surface area contributed by atoms with Crippen LogP contribution < -0.4 is 5.76 Å². The molecule has 5 aliphatic rings. The van der Waals surface area contributed by atoms with E-state index in [-0.39, 0.29) is 0 Å². The lowest BCUT2D eigenvalue weighted by atomic mass is 10.5. The predicted molar refractivity (Wildman–Crippen MR) is 290 cm³/mol. The van der Waals surface area contributed by atoms with Gasteiger partial charge in [-0.25, -0.2) is 22.6 Å². The number of imidazole rings is 1. The highest BCUT2D eigenvalue weighted by Gasteiger charge is 2.00. The molecule has 0 saturated heterocycles. The molecule has 0 spiro atoms. The van der Waals surface area contributed by atoms with Crippen LogP contribution in [0.5, 0.6) is 0 Å². The fraction of sp³-hybridized carbons (Fsp3) is 0.479. The van der Waals surface area contributed by atoms with Crippen molar-refractivity contribution in [1.82, 2.24) is 25.1 Å². The Morgan fingerprint density at radius 2 is 1.27 bits per heavy atom. The van der Waals surface area contributed by atoms with E-state index >= 15 is 0 Å². The van der Waals surface area contributed by atoms with Crippen LogP contribution in [0.2, 0.25) is 0 Å². The number of oxazole rings is 1. The molecule has 0 aromatic carbocycles. The van der Waals surface area contributed by atoms with Gasteiger partial charge in [0.05, 0.1) is 32.0 Å². The Hall–Kier alpha value is -5.75. The summed E-state index contributed by atoms with van der Waals surface area (Å²) >= 11 is 3.42. The second-order valence-corrected chi connectivity index (χ2v) is 9.68. The number of hydrogen-bond donors (Lipinski definition) is 5. The highest BCUT2D eigenvalue weighted by atomic mass is 32.2. The van der Waals surface area contributed by atoms with Gasteiger partial charge in [0.1, 0.15) is 18.8 Å². The van der Waals surface area contributed by atoms with Gasteiger partial charge in [-0.1, -0.05) is 149 Å². The summed E-state index contributed by atoms with van der Waals surface area (Å²) < 4.78 is 41.8. The van der Waals surface area contributed by atoms with Gasteiger partial charge >= 0.3 is 5.76 Å². The normalized spacial score (nSPS) is 11.4. The Kier molecular flexibility index (Phi) is 130. The number of aromatic amines is 3. The molecule has 66 heavy (non-hydrogen) atoms. The maximum absolute atomic E-state index is 10.3. The van der Waals surface area contributed by atoms with Crippen molar-refractivity contribution in [1.29, 1.82) is 5.41 Å². The Labute approximate surface area is 407 Å². The third kappa shape index (κ3) is 107. The van der Waals surface area contributed by atoms with Crippen molar-refractivity contribution in [3.63, 3.8) is 0 Å². The van der Waals surface area contributed by atoms with E-state index in [0.717, 1.165) is 43.0 Å². The summed E-state index contributed by atoms with van der Waals surface area (Å²) in [6.45, 7) is 38.1. The van der Waals surface area contributed by atoms with E-state index in [2.05, 4.69) is 90.8 Å². The zero-order valence-electron chi connectivity index (χ0n) is 43.8. The number of hydrogen-bond acceptors (Lipinski definition) is 14. The van der Waals surface area contributed by atoms with Crippen molar-refractivity contribution in [3.8, 4) is 0 Å². The predicted octanol–water partition coefficient (Wildman–Crippen LogP) is 14.9. The first-order chi connectivity index (χ1) is 32.5. The number of sulfone groups is 1. The summed E-state index contributed by atoms with van der Waals surface area (Å²) in [5.41, 5.74) is 0. The lowest BCUT2D eigenvalue weighted by Gasteiger charge is -1.82. The van der Waals surface area contributed by atoms with Crippen molar-refractivity contribution < 1.29 is 27.0 Å².